The number of ether oxygens (including phenoxy) is 2. The quantitative estimate of drug-likeness (QED) is 0.392. The highest BCUT2D eigenvalue weighted by atomic mass is 32.2. The fourth-order valence-corrected chi connectivity index (χ4v) is 5.44. The summed E-state index contributed by atoms with van der Waals surface area (Å²) < 4.78 is 41.3. The number of rotatable bonds is 9. The largest absolute Gasteiger partial charge is 0.484 e. The molecule has 1 aromatic carbocycles. The predicted molar refractivity (Wildman–Crippen MR) is 128 cm³/mol. The van der Waals surface area contributed by atoms with Gasteiger partial charge in [-0.2, -0.15) is 5.10 Å². The van der Waals surface area contributed by atoms with Crippen molar-refractivity contribution in [1.29, 1.82) is 0 Å². The number of aromatic nitrogens is 4. The Morgan fingerprint density at radius 3 is 2.65 bits per heavy atom. The van der Waals surface area contributed by atoms with E-state index in [-0.39, 0.29) is 5.25 Å². The molecule has 1 fully saturated rings. The van der Waals surface area contributed by atoms with Crippen LogP contribution in [0.1, 0.15) is 31.4 Å². The first-order valence-corrected chi connectivity index (χ1v) is 12.5. The standard InChI is InChI=1S/C24H25N5O4S/c1-16(28-34(30,31)21-7-8-21)24(17-5-10-23(32-2)26-13-17)33-20-6-9-22-18(12-20)14-27-29(22)19-4-3-11-25-15-19/h3-6,9-16,21,24,28H,7-8H2,1-2H3. The number of nitrogens with one attached hydrogen (secondary N) is 1. The number of pyridine rings is 2. The van der Waals surface area contributed by atoms with Crippen LogP contribution in [0.5, 0.6) is 11.6 Å². The SMILES string of the molecule is COc1ccc(C(Oc2ccc3c(cnn3-c3cccnc3)c2)C(C)NS(=O)(=O)C2CC2)cn1. The molecule has 9 nitrogen and oxygen atoms in total. The Hall–Kier alpha value is -3.50. The van der Waals surface area contributed by atoms with Crippen molar-refractivity contribution in [3.05, 3.63) is 72.8 Å². The molecule has 1 aliphatic carbocycles. The molecule has 0 bridgehead atoms. The van der Waals surface area contributed by atoms with Gasteiger partial charge in [-0.1, -0.05) is 0 Å². The zero-order chi connectivity index (χ0) is 23.7. The Labute approximate surface area is 197 Å². The predicted octanol–water partition coefficient (Wildman–Crippen LogP) is 3.41. The van der Waals surface area contributed by atoms with Gasteiger partial charge in [0.15, 0.2) is 0 Å². The first-order chi connectivity index (χ1) is 16.4. The second kappa shape index (κ2) is 9.03. The van der Waals surface area contributed by atoms with Crippen molar-refractivity contribution in [1.82, 2.24) is 24.5 Å². The lowest BCUT2D eigenvalue weighted by atomic mass is 10.1. The molecule has 0 spiro atoms. The summed E-state index contributed by atoms with van der Waals surface area (Å²) in [5.41, 5.74) is 2.50. The van der Waals surface area contributed by atoms with E-state index in [0.29, 0.717) is 24.5 Å². The van der Waals surface area contributed by atoms with Gasteiger partial charge in [0.05, 0.1) is 42.0 Å². The van der Waals surface area contributed by atoms with Crippen LogP contribution in [0.25, 0.3) is 16.6 Å². The molecule has 34 heavy (non-hydrogen) atoms. The molecule has 10 heteroatoms. The third-order valence-electron chi connectivity index (χ3n) is 5.76. The highest BCUT2D eigenvalue weighted by molar-refractivity contribution is 7.90. The van der Waals surface area contributed by atoms with Crippen molar-refractivity contribution in [2.45, 2.75) is 37.2 Å². The van der Waals surface area contributed by atoms with Gasteiger partial charge in [0.25, 0.3) is 0 Å². The second-order valence-corrected chi connectivity index (χ2v) is 10.3. The molecule has 176 valence electrons. The van der Waals surface area contributed by atoms with Crippen LogP contribution in [0.15, 0.2) is 67.3 Å². The smallest absolute Gasteiger partial charge is 0.214 e. The Morgan fingerprint density at radius 2 is 1.97 bits per heavy atom. The highest BCUT2D eigenvalue weighted by Crippen LogP contribution is 2.32. The summed E-state index contributed by atoms with van der Waals surface area (Å²) >= 11 is 0. The van der Waals surface area contributed by atoms with Crippen LogP contribution in [-0.4, -0.2) is 46.6 Å². The van der Waals surface area contributed by atoms with Gasteiger partial charge in [-0.05, 0) is 56.2 Å². The Morgan fingerprint density at radius 1 is 1.12 bits per heavy atom. The van der Waals surface area contributed by atoms with Crippen LogP contribution in [0.4, 0.5) is 0 Å². The minimum Gasteiger partial charge on any atom is -0.484 e. The Kier molecular flexibility index (Phi) is 5.93. The zero-order valence-corrected chi connectivity index (χ0v) is 19.6. The van der Waals surface area contributed by atoms with Crippen LogP contribution in [-0.2, 0) is 10.0 Å². The molecule has 3 aromatic heterocycles. The lowest BCUT2D eigenvalue weighted by molar-refractivity contribution is 0.172. The first kappa shape index (κ1) is 22.3. The molecule has 4 aromatic rings. The maximum atomic E-state index is 12.6. The number of sulfonamides is 1. The van der Waals surface area contributed by atoms with Gasteiger partial charge in [0.2, 0.25) is 15.9 Å². The molecular weight excluding hydrogens is 454 g/mol. The summed E-state index contributed by atoms with van der Waals surface area (Å²) in [6.45, 7) is 1.80. The maximum Gasteiger partial charge on any atom is 0.214 e. The zero-order valence-electron chi connectivity index (χ0n) is 18.8. The average molecular weight is 480 g/mol. The number of benzene rings is 1. The van der Waals surface area contributed by atoms with Crippen molar-refractivity contribution in [3.8, 4) is 17.3 Å². The number of methoxy groups -OCH3 is 1. The second-order valence-electron chi connectivity index (χ2n) is 8.31. The molecule has 0 amide bonds. The lowest BCUT2D eigenvalue weighted by Crippen LogP contribution is -2.40. The fraction of sp³-hybridized carbons (Fsp3) is 0.292. The molecular formula is C24H25N5O4S. The van der Waals surface area contributed by atoms with Gasteiger partial charge in [-0.3, -0.25) is 4.98 Å². The molecule has 3 heterocycles. The maximum absolute atomic E-state index is 12.6. The number of hydrogen-bond acceptors (Lipinski definition) is 7. The molecule has 1 N–H and O–H groups in total. The third-order valence-corrected chi connectivity index (χ3v) is 7.81. The van der Waals surface area contributed by atoms with E-state index in [9.17, 15) is 8.42 Å². The number of nitrogens with zero attached hydrogens (tertiary/aromatic N) is 4. The Bertz CT molecular complexity index is 1390. The van der Waals surface area contributed by atoms with E-state index in [0.717, 1.165) is 22.2 Å². The molecule has 5 rings (SSSR count). The van der Waals surface area contributed by atoms with Crippen molar-refractivity contribution < 1.29 is 17.9 Å². The number of fused-ring (bicyclic) bond motifs is 1. The van der Waals surface area contributed by atoms with Gasteiger partial charge in [-0.15, -0.1) is 0 Å². The van der Waals surface area contributed by atoms with E-state index in [1.54, 1.807) is 44.9 Å². The fourth-order valence-electron chi connectivity index (χ4n) is 3.85. The van der Waals surface area contributed by atoms with Gasteiger partial charge in [0.1, 0.15) is 11.9 Å². The van der Waals surface area contributed by atoms with Crippen molar-refractivity contribution in [2.24, 2.45) is 0 Å². The first-order valence-electron chi connectivity index (χ1n) is 11.0. The summed E-state index contributed by atoms with van der Waals surface area (Å²) in [6, 6.07) is 12.5. The Balaban J connectivity index is 1.45. The van der Waals surface area contributed by atoms with Crippen molar-refractivity contribution in [2.75, 3.05) is 7.11 Å². The summed E-state index contributed by atoms with van der Waals surface area (Å²) in [4.78, 5) is 8.43. The van der Waals surface area contributed by atoms with Crippen LogP contribution in [0.2, 0.25) is 0 Å². The summed E-state index contributed by atoms with van der Waals surface area (Å²) in [6.07, 6.45) is 7.65. The third kappa shape index (κ3) is 4.59. The average Bonchev–Trinajstić information content (AvgIpc) is 3.64. The molecule has 0 saturated heterocycles. The summed E-state index contributed by atoms with van der Waals surface area (Å²) in [5, 5.41) is 5.05. The van der Waals surface area contributed by atoms with Crippen LogP contribution < -0.4 is 14.2 Å². The van der Waals surface area contributed by atoms with Gasteiger partial charge in [-0.25, -0.2) is 22.8 Å². The van der Waals surface area contributed by atoms with E-state index in [4.69, 9.17) is 9.47 Å². The molecule has 1 saturated carbocycles. The van der Waals surface area contributed by atoms with Crippen molar-refractivity contribution >= 4 is 20.9 Å². The molecule has 1 aliphatic rings. The van der Waals surface area contributed by atoms with E-state index >= 15 is 0 Å². The van der Waals surface area contributed by atoms with E-state index in [1.807, 2.05) is 41.1 Å². The van der Waals surface area contributed by atoms with Gasteiger partial charge >= 0.3 is 0 Å². The minimum absolute atomic E-state index is 0.320. The van der Waals surface area contributed by atoms with Gasteiger partial charge < -0.3 is 9.47 Å². The topological polar surface area (TPSA) is 108 Å². The van der Waals surface area contributed by atoms with E-state index in [1.165, 1.54) is 0 Å². The normalized spacial score (nSPS) is 15.7. The van der Waals surface area contributed by atoms with Crippen molar-refractivity contribution in [3.63, 3.8) is 0 Å². The molecule has 2 atom stereocenters. The van der Waals surface area contributed by atoms with E-state index in [2.05, 4.69) is 19.8 Å². The van der Waals surface area contributed by atoms with Crippen LogP contribution in [0, 0.1) is 0 Å². The monoisotopic (exact) mass is 479 g/mol. The van der Waals surface area contributed by atoms with Crippen LogP contribution in [0.3, 0.4) is 0 Å². The lowest BCUT2D eigenvalue weighted by Gasteiger charge is -2.26. The molecule has 0 aliphatic heterocycles. The minimum atomic E-state index is -3.40. The van der Waals surface area contributed by atoms with Gasteiger partial charge in [0, 0.05) is 29.4 Å². The highest BCUT2D eigenvalue weighted by Gasteiger charge is 2.38. The van der Waals surface area contributed by atoms with Crippen LogP contribution >= 0.6 is 0 Å². The summed E-state index contributed by atoms with van der Waals surface area (Å²) in [5.74, 6) is 1.06. The molecule has 2 unspecified atom stereocenters. The summed E-state index contributed by atoms with van der Waals surface area (Å²) in [7, 11) is -1.86. The van der Waals surface area contributed by atoms with E-state index < -0.39 is 22.2 Å². The number of hydrogen-bond donors (Lipinski definition) is 1. The molecule has 0 radical (unpaired) electrons.